The third kappa shape index (κ3) is 3.65. The molecular weight excluding hydrogens is 251 g/mol. The molecule has 0 amide bonds. The Morgan fingerprint density at radius 2 is 2.15 bits per heavy atom. The molecule has 0 bridgehead atoms. The maximum Gasteiger partial charge on any atom is 0.0551 e. The minimum absolute atomic E-state index is 0.748. The maximum atomic E-state index is 5.94. The van der Waals surface area contributed by atoms with E-state index in [1.165, 1.54) is 5.56 Å². The van der Waals surface area contributed by atoms with Crippen molar-refractivity contribution in [1.82, 2.24) is 10.4 Å². The molecule has 1 aromatic carbocycles. The number of nitrogens with one attached hydrogen (secondary N) is 1. The van der Waals surface area contributed by atoms with Gasteiger partial charge in [-0.25, -0.2) is 0 Å². The van der Waals surface area contributed by atoms with Gasteiger partial charge >= 0.3 is 0 Å². The van der Waals surface area contributed by atoms with Crippen LogP contribution in [0.2, 0.25) is 5.02 Å². The van der Waals surface area contributed by atoms with Crippen LogP contribution in [0.3, 0.4) is 0 Å². The Hall–Kier alpha value is -0.0900. The third-order valence-electron chi connectivity index (χ3n) is 1.58. The Morgan fingerprint density at radius 3 is 2.69 bits per heavy atom. The molecule has 0 fully saturated rings. The van der Waals surface area contributed by atoms with Gasteiger partial charge in [-0.3, -0.25) is 10.4 Å². The van der Waals surface area contributed by atoms with E-state index in [1.807, 2.05) is 37.3 Å². The first-order chi connectivity index (χ1) is 6.09. The van der Waals surface area contributed by atoms with Gasteiger partial charge in [-0.2, -0.15) is 0 Å². The Labute approximate surface area is 92.0 Å². The third-order valence-corrected chi connectivity index (χ3v) is 2.82. The van der Waals surface area contributed by atoms with Crippen LogP contribution >= 0.6 is 27.5 Å². The van der Waals surface area contributed by atoms with Crippen molar-refractivity contribution in [2.24, 2.45) is 0 Å². The number of rotatable bonds is 3. The van der Waals surface area contributed by atoms with Crippen LogP contribution in [0.5, 0.6) is 0 Å². The summed E-state index contributed by atoms with van der Waals surface area (Å²) >= 11 is 9.29. The molecule has 0 aromatic heterocycles. The van der Waals surface area contributed by atoms with E-state index in [0.29, 0.717) is 0 Å². The van der Waals surface area contributed by atoms with Crippen molar-refractivity contribution in [2.45, 2.75) is 6.54 Å². The summed E-state index contributed by atoms with van der Waals surface area (Å²) in [6.07, 6.45) is 0. The van der Waals surface area contributed by atoms with E-state index < -0.39 is 0 Å². The number of hydrazine groups is 1. The number of hydrogen-bond acceptors (Lipinski definition) is 2. The summed E-state index contributed by atoms with van der Waals surface area (Å²) < 4.78 is 0.933. The summed E-state index contributed by atoms with van der Waals surface area (Å²) in [7, 11) is 3.92. The highest BCUT2D eigenvalue weighted by atomic mass is 79.9. The zero-order valence-corrected chi connectivity index (χ0v) is 9.98. The van der Waals surface area contributed by atoms with Gasteiger partial charge in [-0.15, -0.1) is 0 Å². The summed E-state index contributed by atoms with van der Waals surface area (Å²) in [6, 6.07) is 5.93. The summed E-state index contributed by atoms with van der Waals surface area (Å²) in [5.74, 6) is 0. The molecule has 1 aromatic rings. The minimum atomic E-state index is 0.748. The summed E-state index contributed by atoms with van der Waals surface area (Å²) in [5, 5.41) is 2.66. The van der Waals surface area contributed by atoms with E-state index in [2.05, 4.69) is 21.4 Å². The SMILES string of the molecule is CN(C)NCc1ccc(Br)c(Cl)c1. The lowest BCUT2D eigenvalue weighted by molar-refractivity contribution is 0.286. The summed E-state index contributed by atoms with van der Waals surface area (Å²) in [4.78, 5) is 0. The predicted molar refractivity (Wildman–Crippen MR) is 59.7 cm³/mol. The standard InChI is InChI=1S/C9H12BrClN2/c1-13(2)12-6-7-3-4-8(10)9(11)5-7/h3-5,12H,6H2,1-2H3. The van der Waals surface area contributed by atoms with E-state index in [1.54, 1.807) is 0 Å². The maximum absolute atomic E-state index is 5.94. The monoisotopic (exact) mass is 262 g/mol. The molecule has 0 spiro atoms. The molecule has 13 heavy (non-hydrogen) atoms. The van der Waals surface area contributed by atoms with E-state index in [9.17, 15) is 0 Å². The number of benzene rings is 1. The van der Waals surface area contributed by atoms with Crippen molar-refractivity contribution < 1.29 is 0 Å². The first kappa shape index (κ1) is 11.0. The molecule has 4 heteroatoms. The lowest BCUT2D eigenvalue weighted by Gasteiger charge is -2.11. The van der Waals surface area contributed by atoms with Crippen LogP contribution in [0.1, 0.15) is 5.56 Å². The van der Waals surface area contributed by atoms with E-state index >= 15 is 0 Å². The van der Waals surface area contributed by atoms with Crippen LogP contribution in [0, 0.1) is 0 Å². The quantitative estimate of drug-likeness (QED) is 0.844. The second-order valence-electron chi connectivity index (χ2n) is 2.98. The summed E-state index contributed by atoms with van der Waals surface area (Å²) in [6.45, 7) is 0.792. The van der Waals surface area contributed by atoms with E-state index in [-0.39, 0.29) is 0 Å². The van der Waals surface area contributed by atoms with Gasteiger partial charge < -0.3 is 0 Å². The van der Waals surface area contributed by atoms with Gasteiger partial charge in [0, 0.05) is 25.1 Å². The smallest absolute Gasteiger partial charge is 0.0551 e. The van der Waals surface area contributed by atoms with Crippen LogP contribution in [-0.2, 0) is 6.54 Å². The molecule has 0 unspecified atom stereocenters. The first-order valence-corrected chi connectivity index (χ1v) is 5.11. The Bertz CT molecular complexity index is 289. The van der Waals surface area contributed by atoms with Gasteiger partial charge in [-0.1, -0.05) is 17.7 Å². The van der Waals surface area contributed by atoms with Crippen molar-refractivity contribution in [1.29, 1.82) is 0 Å². The zero-order valence-electron chi connectivity index (χ0n) is 7.64. The fraction of sp³-hybridized carbons (Fsp3) is 0.333. The number of hydrogen-bond donors (Lipinski definition) is 1. The molecule has 0 aliphatic heterocycles. The molecule has 0 atom stereocenters. The topological polar surface area (TPSA) is 15.3 Å². The Morgan fingerprint density at radius 1 is 1.46 bits per heavy atom. The molecule has 0 saturated carbocycles. The van der Waals surface area contributed by atoms with Crippen molar-refractivity contribution in [3.63, 3.8) is 0 Å². The molecule has 0 aliphatic carbocycles. The molecule has 2 nitrogen and oxygen atoms in total. The highest BCUT2D eigenvalue weighted by Gasteiger charge is 1.98. The number of halogens is 2. The van der Waals surface area contributed by atoms with Crippen LogP contribution in [0.4, 0.5) is 0 Å². The molecule has 0 heterocycles. The lowest BCUT2D eigenvalue weighted by atomic mass is 10.2. The van der Waals surface area contributed by atoms with Crippen LogP contribution in [-0.4, -0.2) is 19.1 Å². The fourth-order valence-electron chi connectivity index (χ4n) is 0.899. The van der Waals surface area contributed by atoms with Gasteiger partial charge in [-0.05, 0) is 33.6 Å². The van der Waals surface area contributed by atoms with E-state index in [0.717, 1.165) is 16.0 Å². The highest BCUT2D eigenvalue weighted by molar-refractivity contribution is 9.10. The summed E-state index contributed by atoms with van der Waals surface area (Å²) in [5.41, 5.74) is 4.34. The molecule has 0 saturated heterocycles. The second kappa shape index (κ2) is 4.96. The van der Waals surface area contributed by atoms with Gasteiger partial charge in [0.05, 0.1) is 5.02 Å². The number of nitrogens with zero attached hydrogens (tertiary/aromatic N) is 1. The minimum Gasteiger partial charge on any atom is -0.251 e. The fourth-order valence-corrected chi connectivity index (χ4v) is 1.35. The molecule has 1 N–H and O–H groups in total. The predicted octanol–water partition coefficient (Wildman–Crippen LogP) is 2.67. The van der Waals surface area contributed by atoms with Gasteiger partial charge in [0.1, 0.15) is 0 Å². The highest BCUT2D eigenvalue weighted by Crippen LogP contribution is 2.22. The average Bonchev–Trinajstić information content (AvgIpc) is 2.07. The normalized spacial score (nSPS) is 10.8. The van der Waals surface area contributed by atoms with Crippen molar-refractivity contribution in [3.05, 3.63) is 33.3 Å². The van der Waals surface area contributed by atoms with Gasteiger partial charge in [0.25, 0.3) is 0 Å². The molecule has 0 radical (unpaired) electrons. The van der Waals surface area contributed by atoms with Crippen molar-refractivity contribution in [3.8, 4) is 0 Å². The van der Waals surface area contributed by atoms with Gasteiger partial charge in [0.2, 0.25) is 0 Å². The molecule has 1 rings (SSSR count). The van der Waals surface area contributed by atoms with Crippen molar-refractivity contribution >= 4 is 27.5 Å². The van der Waals surface area contributed by atoms with Crippen LogP contribution < -0.4 is 5.43 Å². The van der Waals surface area contributed by atoms with Crippen LogP contribution in [0.15, 0.2) is 22.7 Å². The zero-order chi connectivity index (χ0) is 9.84. The van der Waals surface area contributed by atoms with Crippen LogP contribution in [0.25, 0.3) is 0 Å². The second-order valence-corrected chi connectivity index (χ2v) is 4.24. The van der Waals surface area contributed by atoms with Crippen molar-refractivity contribution in [2.75, 3.05) is 14.1 Å². The Kier molecular flexibility index (Phi) is 4.19. The Balaban J connectivity index is 2.63. The first-order valence-electron chi connectivity index (χ1n) is 3.94. The molecule has 0 aliphatic rings. The average molecular weight is 264 g/mol. The largest absolute Gasteiger partial charge is 0.251 e. The molecule has 72 valence electrons. The lowest BCUT2D eigenvalue weighted by Crippen LogP contribution is -2.29. The van der Waals surface area contributed by atoms with E-state index in [4.69, 9.17) is 11.6 Å². The molecular formula is C9H12BrClN2. The van der Waals surface area contributed by atoms with Gasteiger partial charge in [0.15, 0.2) is 0 Å².